The molecule has 0 atom stereocenters. The van der Waals surface area contributed by atoms with Gasteiger partial charge in [0.15, 0.2) is 9.84 Å². The van der Waals surface area contributed by atoms with Crippen molar-refractivity contribution in [3.05, 3.63) is 54.1 Å². The summed E-state index contributed by atoms with van der Waals surface area (Å²) >= 11 is 0. The van der Waals surface area contributed by atoms with Crippen LogP contribution in [0.1, 0.15) is 18.9 Å². The maximum atomic E-state index is 12.3. The van der Waals surface area contributed by atoms with Gasteiger partial charge < -0.3 is 0 Å². The van der Waals surface area contributed by atoms with Gasteiger partial charge in [-0.1, -0.05) is 25.5 Å². The van der Waals surface area contributed by atoms with Gasteiger partial charge in [0.05, 0.1) is 9.79 Å². The molecule has 0 spiro atoms. The van der Waals surface area contributed by atoms with E-state index in [0.29, 0.717) is 5.69 Å². The maximum Gasteiger partial charge on any atom is 0.261 e. The third kappa shape index (κ3) is 4.56. The van der Waals surface area contributed by atoms with E-state index in [9.17, 15) is 16.8 Å². The number of benzene rings is 2. The van der Waals surface area contributed by atoms with E-state index in [-0.39, 0.29) is 9.79 Å². The van der Waals surface area contributed by atoms with Crippen molar-refractivity contribution in [3.63, 3.8) is 0 Å². The quantitative estimate of drug-likeness (QED) is 0.866. The van der Waals surface area contributed by atoms with Gasteiger partial charge in [-0.3, -0.25) is 4.72 Å². The molecule has 0 bridgehead atoms. The van der Waals surface area contributed by atoms with E-state index < -0.39 is 19.9 Å². The van der Waals surface area contributed by atoms with Gasteiger partial charge in [0.2, 0.25) is 0 Å². The third-order valence-corrected chi connectivity index (χ3v) is 5.83. The average Bonchev–Trinajstić information content (AvgIpc) is 2.47. The average molecular weight is 353 g/mol. The summed E-state index contributed by atoms with van der Waals surface area (Å²) in [6, 6.07) is 12.3. The number of rotatable bonds is 6. The summed E-state index contributed by atoms with van der Waals surface area (Å²) < 4.78 is 49.9. The largest absolute Gasteiger partial charge is 0.280 e. The molecule has 0 saturated heterocycles. The van der Waals surface area contributed by atoms with Crippen LogP contribution in [-0.2, 0) is 26.3 Å². The Balaban J connectivity index is 2.20. The summed E-state index contributed by atoms with van der Waals surface area (Å²) in [6.45, 7) is 2.06. The molecule has 0 saturated carbocycles. The van der Waals surface area contributed by atoms with E-state index >= 15 is 0 Å². The summed E-state index contributed by atoms with van der Waals surface area (Å²) in [5, 5.41) is 0. The molecule has 0 heterocycles. The first-order chi connectivity index (χ1) is 10.7. The highest BCUT2D eigenvalue weighted by atomic mass is 32.2. The zero-order valence-corrected chi connectivity index (χ0v) is 14.6. The van der Waals surface area contributed by atoms with Crippen LogP contribution in [0.15, 0.2) is 58.3 Å². The molecule has 0 aliphatic rings. The van der Waals surface area contributed by atoms with Crippen molar-refractivity contribution in [2.75, 3.05) is 11.0 Å². The van der Waals surface area contributed by atoms with Crippen molar-refractivity contribution in [3.8, 4) is 0 Å². The van der Waals surface area contributed by atoms with Crippen molar-refractivity contribution in [2.24, 2.45) is 0 Å². The molecule has 0 radical (unpaired) electrons. The fourth-order valence-electron chi connectivity index (χ4n) is 2.11. The zero-order valence-electron chi connectivity index (χ0n) is 13.0. The van der Waals surface area contributed by atoms with E-state index in [1.165, 1.54) is 24.3 Å². The first-order valence-corrected chi connectivity index (χ1v) is 10.5. The molecule has 0 unspecified atom stereocenters. The molecule has 7 heteroatoms. The van der Waals surface area contributed by atoms with Gasteiger partial charge >= 0.3 is 0 Å². The van der Waals surface area contributed by atoms with Gasteiger partial charge in [-0.2, -0.15) is 0 Å². The molecule has 2 aromatic rings. The second-order valence-electron chi connectivity index (χ2n) is 5.30. The molecule has 5 nitrogen and oxygen atoms in total. The predicted molar refractivity (Wildman–Crippen MR) is 90.8 cm³/mol. The zero-order chi connectivity index (χ0) is 17.1. The summed E-state index contributed by atoms with van der Waals surface area (Å²) in [5.74, 6) is 0. The maximum absolute atomic E-state index is 12.3. The molecule has 2 rings (SSSR count). The number of hydrogen-bond acceptors (Lipinski definition) is 4. The van der Waals surface area contributed by atoms with Gasteiger partial charge in [-0.05, 0) is 48.4 Å². The van der Waals surface area contributed by atoms with Crippen molar-refractivity contribution < 1.29 is 16.8 Å². The highest BCUT2D eigenvalue weighted by Gasteiger charge is 2.14. The highest BCUT2D eigenvalue weighted by molar-refractivity contribution is 7.92. The van der Waals surface area contributed by atoms with Gasteiger partial charge in [-0.25, -0.2) is 16.8 Å². The van der Waals surface area contributed by atoms with Crippen molar-refractivity contribution in [1.82, 2.24) is 0 Å². The predicted octanol–water partition coefficient (Wildman–Crippen LogP) is 2.84. The fourth-order valence-corrected chi connectivity index (χ4v) is 3.80. The molecule has 0 aliphatic heterocycles. The normalized spacial score (nSPS) is 12.1. The van der Waals surface area contributed by atoms with E-state index in [4.69, 9.17) is 0 Å². The third-order valence-electron chi connectivity index (χ3n) is 3.31. The minimum atomic E-state index is -3.69. The van der Waals surface area contributed by atoms with E-state index in [1.54, 1.807) is 24.3 Å². The van der Waals surface area contributed by atoms with Crippen molar-refractivity contribution in [1.29, 1.82) is 0 Å². The Morgan fingerprint density at radius 3 is 1.83 bits per heavy atom. The number of sulfone groups is 1. The monoisotopic (exact) mass is 353 g/mol. The van der Waals surface area contributed by atoms with E-state index in [2.05, 4.69) is 11.6 Å². The van der Waals surface area contributed by atoms with Gasteiger partial charge in [0.1, 0.15) is 0 Å². The first kappa shape index (κ1) is 17.5. The molecule has 0 aromatic heterocycles. The minimum Gasteiger partial charge on any atom is -0.280 e. The Kier molecular flexibility index (Phi) is 5.11. The summed E-state index contributed by atoms with van der Waals surface area (Å²) in [7, 11) is -7.00. The van der Waals surface area contributed by atoms with E-state index in [0.717, 1.165) is 24.7 Å². The molecule has 0 amide bonds. The smallest absolute Gasteiger partial charge is 0.261 e. The lowest BCUT2D eigenvalue weighted by molar-refractivity contribution is 0.600. The van der Waals surface area contributed by atoms with Crippen molar-refractivity contribution >= 4 is 25.5 Å². The Morgan fingerprint density at radius 2 is 1.35 bits per heavy atom. The number of sulfonamides is 1. The molecule has 124 valence electrons. The Bertz CT molecular complexity index is 869. The molecule has 0 aliphatic carbocycles. The molecule has 1 N–H and O–H groups in total. The lowest BCUT2D eigenvalue weighted by Crippen LogP contribution is -2.13. The highest BCUT2D eigenvalue weighted by Crippen LogP contribution is 2.19. The summed E-state index contributed by atoms with van der Waals surface area (Å²) in [6.07, 6.45) is 3.00. The number of anilines is 1. The first-order valence-electron chi connectivity index (χ1n) is 7.14. The second kappa shape index (κ2) is 6.72. The molecular weight excluding hydrogens is 334 g/mol. The topological polar surface area (TPSA) is 80.3 Å². The standard InChI is InChI=1S/C16H19NO4S2/c1-3-4-13-5-9-16(10-6-13)23(20,21)17-14-7-11-15(12-8-14)22(2,18)19/h5-12,17H,3-4H2,1-2H3. The van der Waals surface area contributed by atoms with Crippen LogP contribution in [-0.4, -0.2) is 23.1 Å². The number of hydrogen-bond donors (Lipinski definition) is 1. The Morgan fingerprint density at radius 1 is 0.826 bits per heavy atom. The molecular formula is C16H19NO4S2. The number of aryl methyl sites for hydroxylation is 1. The van der Waals surface area contributed by atoms with Crippen molar-refractivity contribution in [2.45, 2.75) is 29.6 Å². The minimum absolute atomic E-state index is 0.143. The van der Waals surface area contributed by atoms with Crippen LogP contribution in [0, 0.1) is 0 Å². The van der Waals surface area contributed by atoms with Crippen LogP contribution in [0.2, 0.25) is 0 Å². The van der Waals surface area contributed by atoms with Gasteiger partial charge in [0, 0.05) is 11.9 Å². The van der Waals surface area contributed by atoms with E-state index in [1.807, 2.05) is 0 Å². The van der Waals surface area contributed by atoms with Crippen LogP contribution in [0.25, 0.3) is 0 Å². The Hall–Kier alpha value is -1.86. The lowest BCUT2D eigenvalue weighted by atomic mass is 10.1. The fraction of sp³-hybridized carbons (Fsp3) is 0.250. The second-order valence-corrected chi connectivity index (χ2v) is 8.99. The SMILES string of the molecule is CCCc1ccc(S(=O)(=O)Nc2ccc(S(C)(=O)=O)cc2)cc1. The Labute approximate surface area is 137 Å². The van der Waals surface area contributed by atoms with Gasteiger partial charge in [0.25, 0.3) is 10.0 Å². The van der Waals surface area contributed by atoms with Crippen LogP contribution < -0.4 is 4.72 Å². The van der Waals surface area contributed by atoms with Gasteiger partial charge in [-0.15, -0.1) is 0 Å². The van der Waals surface area contributed by atoms with Crippen LogP contribution in [0.4, 0.5) is 5.69 Å². The van der Waals surface area contributed by atoms with Crippen LogP contribution in [0.3, 0.4) is 0 Å². The number of nitrogens with one attached hydrogen (secondary N) is 1. The molecule has 0 fully saturated rings. The van der Waals surface area contributed by atoms with Crippen LogP contribution in [0.5, 0.6) is 0 Å². The summed E-state index contributed by atoms with van der Waals surface area (Å²) in [5.41, 5.74) is 1.40. The summed E-state index contributed by atoms with van der Waals surface area (Å²) in [4.78, 5) is 0.314. The lowest BCUT2D eigenvalue weighted by Gasteiger charge is -2.09. The molecule has 2 aromatic carbocycles. The molecule has 23 heavy (non-hydrogen) atoms. The van der Waals surface area contributed by atoms with Crippen LogP contribution >= 0.6 is 0 Å².